The van der Waals surface area contributed by atoms with Crippen molar-refractivity contribution < 1.29 is 19.0 Å². The summed E-state index contributed by atoms with van der Waals surface area (Å²) in [7, 11) is 1.52. The summed E-state index contributed by atoms with van der Waals surface area (Å²) in [5.41, 5.74) is -0.304. The molecule has 1 aromatic heterocycles. The smallest absolute Gasteiger partial charge is 0.338 e. The van der Waals surface area contributed by atoms with Gasteiger partial charge in [0.1, 0.15) is 22.8 Å². The molecule has 6 heteroatoms. The summed E-state index contributed by atoms with van der Waals surface area (Å²) in [6.07, 6.45) is 0. The molecule has 0 spiro atoms. The van der Waals surface area contributed by atoms with Gasteiger partial charge in [-0.15, -0.1) is 0 Å². The zero-order valence-corrected chi connectivity index (χ0v) is 10.2. The number of nitrogens with one attached hydrogen (secondary N) is 1. The number of imidazole rings is 1. The maximum absolute atomic E-state index is 13.3. The average molecular weight is 252 g/mol. The molecule has 0 fully saturated rings. The highest BCUT2D eigenvalue weighted by Crippen LogP contribution is 2.26. The van der Waals surface area contributed by atoms with E-state index in [1.165, 1.54) is 13.2 Å². The third-order valence-corrected chi connectivity index (χ3v) is 2.86. The topological polar surface area (TPSA) is 75.2 Å². The van der Waals surface area contributed by atoms with Crippen LogP contribution in [0.3, 0.4) is 0 Å². The van der Waals surface area contributed by atoms with Crippen molar-refractivity contribution in [3.05, 3.63) is 29.3 Å². The number of carboxylic acids is 1. The van der Waals surface area contributed by atoms with Crippen LogP contribution in [0.15, 0.2) is 12.1 Å². The van der Waals surface area contributed by atoms with Gasteiger partial charge >= 0.3 is 5.97 Å². The van der Waals surface area contributed by atoms with Gasteiger partial charge in [0.25, 0.3) is 0 Å². The van der Waals surface area contributed by atoms with Crippen molar-refractivity contribution >= 4 is 17.0 Å². The van der Waals surface area contributed by atoms with Crippen LogP contribution in [0, 0.1) is 5.82 Å². The van der Waals surface area contributed by atoms with Crippen LogP contribution in [0.5, 0.6) is 0 Å². The molecule has 2 aromatic rings. The third kappa shape index (κ3) is 1.95. The van der Waals surface area contributed by atoms with E-state index >= 15 is 0 Å². The lowest BCUT2D eigenvalue weighted by Crippen LogP contribution is -2.21. The van der Waals surface area contributed by atoms with Crippen LogP contribution in [0.1, 0.15) is 30.0 Å². The number of benzene rings is 1. The van der Waals surface area contributed by atoms with Gasteiger partial charge in [-0.25, -0.2) is 14.2 Å². The van der Waals surface area contributed by atoms with Crippen LogP contribution in [-0.2, 0) is 10.3 Å². The van der Waals surface area contributed by atoms with Crippen LogP contribution in [-0.4, -0.2) is 28.2 Å². The van der Waals surface area contributed by atoms with Crippen LogP contribution in [0.25, 0.3) is 11.0 Å². The van der Waals surface area contributed by atoms with E-state index < -0.39 is 17.4 Å². The molecule has 0 aliphatic rings. The number of aromatic amines is 1. The summed E-state index contributed by atoms with van der Waals surface area (Å²) >= 11 is 0. The normalized spacial score (nSPS) is 12.0. The zero-order chi connectivity index (χ0) is 13.5. The standard InChI is InChI=1S/C12H13FN2O3/c1-12(2,18-3)11-14-8-5-6(13)4-7(10(16)17)9(8)15-11/h4-5H,1-3H3,(H,14,15)(H,16,17). The minimum atomic E-state index is -1.22. The van der Waals surface area contributed by atoms with Crippen LogP contribution in [0.4, 0.5) is 4.39 Å². The predicted octanol–water partition coefficient (Wildman–Crippen LogP) is 2.28. The van der Waals surface area contributed by atoms with Gasteiger partial charge in [0.05, 0.1) is 11.1 Å². The average Bonchev–Trinajstić information content (AvgIpc) is 2.71. The molecule has 0 saturated heterocycles. The molecule has 0 aliphatic heterocycles. The van der Waals surface area contributed by atoms with Crippen molar-refractivity contribution in [1.82, 2.24) is 9.97 Å². The van der Waals surface area contributed by atoms with Gasteiger partial charge in [0.2, 0.25) is 0 Å². The first-order chi connectivity index (χ1) is 8.35. The lowest BCUT2D eigenvalue weighted by Gasteiger charge is -2.19. The van der Waals surface area contributed by atoms with Gasteiger partial charge in [0, 0.05) is 7.11 Å². The van der Waals surface area contributed by atoms with Gasteiger partial charge < -0.3 is 14.8 Å². The fourth-order valence-electron chi connectivity index (χ4n) is 1.63. The monoisotopic (exact) mass is 252 g/mol. The number of hydrogen-bond acceptors (Lipinski definition) is 3. The van der Waals surface area contributed by atoms with Gasteiger partial charge in [-0.1, -0.05) is 0 Å². The largest absolute Gasteiger partial charge is 0.478 e. The van der Waals surface area contributed by atoms with Crippen molar-refractivity contribution in [2.24, 2.45) is 0 Å². The summed E-state index contributed by atoms with van der Waals surface area (Å²) in [6.45, 7) is 3.56. The maximum Gasteiger partial charge on any atom is 0.338 e. The second-order valence-corrected chi connectivity index (χ2v) is 4.45. The molecule has 18 heavy (non-hydrogen) atoms. The Morgan fingerprint density at radius 1 is 1.50 bits per heavy atom. The quantitative estimate of drug-likeness (QED) is 0.878. The summed E-state index contributed by atoms with van der Waals surface area (Å²) in [5, 5.41) is 9.02. The van der Waals surface area contributed by atoms with Crippen LogP contribution in [0.2, 0.25) is 0 Å². The number of rotatable bonds is 3. The Labute approximate surface area is 103 Å². The first-order valence-electron chi connectivity index (χ1n) is 5.33. The highest BCUT2D eigenvalue weighted by Gasteiger charge is 2.25. The van der Waals surface area contributed by atoms with E-state index in [0.29, 0.717) is 11.3 Å². The summed E-state index contributed by atoms with van der Waals surface area (Å²) < 4.78 is 18.6. The van der Waals surface area contributed by atoms with Crippen molar-refractivity contribution in [1.29, 1.82) is 0 Å². The third-order valence-electron chi connectivity index (χ3n) is 2.86. The molecule has 96 valence electrons. The SMILES string of the molecule is COC(C)(C)c1nc2c(C(=O)O)cc(F)cc2[nH]1. The van der Waals surface area contributed by atoms with E-state index in [1.54, 1.807) is 13.8 Å². The summed E-state index contributed by atoms with van der Waals surface area (Å²) in [6, 6.07) is 2.17. The maximum atomic E-state index is 13.3. The van der Waals surface area contributed by atoms with Gasteiger partial charge in [-0.2, -0.15) is 0 Å². The van der Waals surface area contributed by atoms with Crippen LogP contribution >= 0.6 is 0 Å². The van der Waals surface area contributed by atoms with E-state index in [9.17, 15) is 9.18 Å². The second kappa shape index (κ2) is 4.06. The predicted molar refractivity (Wildman–Crippen MR) is 63.0 cm³/mol. The molecule has 2 N–H and O–H groups in total. The summed E-state index contributed by atoms with van der Waals surface area (Å²) in [5.74, 6) is -1.38. The number of carbonyl (C=O) groups is 1. The Morgan fingerprint density at radius 3 is 2.72 bits per heavy atom. The molecule has 1 aromatic carbocycles. The molecule has 0 radical (unpaired) electrons. The van der Waals surface area contributed by atoms with Gasteiger partial charge in [0.15, 0.2) is 0 Å². The molecule has 0 unspecified atom stereocenters. The number of H-pyrrole nitrogens is 1. The molecule has 0 aliphatic carbocycles. The molecule has 1 heterocycles. The van der Waals surface area contributed by atoms with Gasteiger partial charge in [-0.3, -0.25) is 0 Å². The van der Waals surface area contributed by atoms with Crippen molar-refractivity contribution in [2.75, 3.05) is 7.11 Å². The van der Waals surface area contributed by atoms with E-state index in [0.717, 1.165) is 6.07 Å². The van der Waals surface area contributed by atoms with Crippen molar-refractivity contribution in [2.45, 2.75) is 19.4 Å². The lowest BCUT2D eigenvalue weighted by molar-refractivity contribution is 0.0124. The second-order valence-electron chi connectivity index (χ2n) is 4.45. The van der Waals surface area contributed by atoms with E-state index in [2.05, 4.69) is 9.97 Å². The number of nitrogens with zero attached hydrogens (tertiary/aromatic N) is 1. The lowest BCUT2D eigenvalue weighted by atomic mass is 10.1. The highest BCUT2D eigenvalue weighted by atomic mass is 19.1. The number of halogens is 1. The molecular weight excluding hydrogens is 239 g/mol. The van der Waals surface area contributed by atoms with E-state index in [-0.39, 0.29) is 11.1 Å². The number of carboxylic acid groups (broad SMARTS) is 1. The van der Waals surface area contributed by atoms with E-state index in [4.69, 9.17) is 9.84 Å². The Balaban J connectivity index is 2.71. The van der Waals surface area contributed by atoms with Gasteiger partial charge in [-0.05, 0) is 26.0 Å². The van der Waals surface area contributed by atoms with E-state index in [1.807, 2.05) is 0 Å². The molecule has 5 nitrogen and oxygen atoms in total. The molecule has 0 bridgehead atoms. The number of aromatic nitrogens is 2. The summed E-state index contributed by atoms with van der Waals surface area (Å²) in [4.78, 5) is 18.1. The number of fused-ring (bicyclic) bond motifs is 1. The molecule has 0 amide bonds. The Morgan fingerprint density at radius 2 is 2.17 bits per heavy atom. The fraction of sp³-hybridized carbons (Fsp3) is 0.333. The molecule has 0 atom stereocenters. The number of hydrogen-bond donors (Lipinski definition) is 2. The number of aromatic carboxylic acids is 1. The minimum Gasteiger partial charge on any atom is -0.478 e. The molecule has 2 rings (SSSR count). The van der Waals surface area contributed by atoms with Crippen molar-refractivity contribution in [3.8, 4) is 0 Å². The first-order valence-corrected chi connectivity index (χ1v) is 5.33. The zero-order valence-electron chi connectivity index (χ0n) is 10.2. The Kier molecular flexibility index (Phi) is 2.82. The highest BCUT2D eigenvalue weighted by molar-refractivity contribution is 6.01. The van der Waals surface area contributed by atoms with Crippen LogP contribution < -0.4 is 0 Å². The number of ether oxygens (including phenoxy) is 1. The minimum absolute atomic E-state index is 0.167. The fourth-order valence-corrected chi connectivity index (χ4v) is 1.63. The first kappa shape index (κ1) is 12.5. The molecule has 0 saturated carbocycles. The Bertz CT molecular complexity index is 619. The van der Waals surface area contributed by atoms with Crippen molar-refractivity contribution in [3.63, 3.8) is 0 Å². The Hall–Kier alpha value is -1.95. The number of methoxy groups -OCH3 is 1. The molecular formula is C12H13FN2O3.